The minimum atomic E-state index is -0.572. The van der Waals surface area contributed by atoms with Crippen LogP contribution in [0.2, 0.25) is 0 Å². The van der Waals surface area contributed by atoms with Crippen LogP contribution in [0.15, 0.2) is 82.8 Å². The monoisotopic (exact) mass is 392 g/mol. The number of nitrogens with zero attached hydrogens (tertiary/aromatic N) is 1. The molecule has 28 heavy (non-hydrogen) atoms. The zero-order valence-electron chi connectivity index (χ0n) is 15.4. The first kappa shape index (κ1) is 19.6. The van der Waals surface area contributed by atoms with Gasteiger partial charge in [-0.3, -0.25) is 4.79 Å². The van der Waals surface area contributed by atoms with Gasteiger partial charge in [-0.15, -0.1) is 0 Å². The highest BCUT2D eigenvalue weighted by atomic mass is 32.2. The van der Waals surface area contributed by atoms with E-state index in [0.717, 1.165) is 16.0 Å². The zero-order chi connectivity index (χ0) is 19.8. The molecular weight excluding hydrogens is 372 g/mol. The van der Waals surface area contributed by atoms with E-state index < -0.39 is 5.97 Å². The Morgan fingerprint density at radius 1 is 1.00 bits per heavy atom. The molecule has 6 heteroatoms. The van der Waals surface area contributed by atoms with Gasteiger partial charge in [0.05, 0.1) is 5.56 Å². The fourth-order valence-corrected chi connectivity index (χ4v) is 3.27. The van der Waals surface area contributed by atoms with Gasteiger partial charge in [0, 0.05) is 17.6 Å². The lowest BCUT2D eigenvalue weighted by molar-refractivity contribution is -0.124. The second kappa shape index (κ2) is 9.71. The molecule has 5 nitrogen and oxygen atoms in total. The van der Waals surface area contributed by atoms with E-state index in [9.17, 15) is 9.59 Å². The van der Waals surface area contributed by atoms with E-state index in [0.29, 0.717) is 17.1 Å². The fourth-order valence-electron chi connectivity index (χ4n) is 2.40. The number of nitrogens with one attached hydrogen (secondary N) is 1. The fraction of sp³-hybridized carbons (Fsp3) is 0.136. The predicted molar refractivity (Wildman–Crippen MR) is 108 cm³/mol. The van der Waals surface area contributed by atoms with E-state index in [2.05, 4.69) is 10.3 Å². The van der Waals surface area contributed by atoms with Crippen molar-refractivity contribution in [3.05, 3.63) is 89.6 Å². The van der Waals surface area contributed by atoms with Gasteiger partial charge in [-0.1, -0.05) is 59.8 Å². The van der Waals surface area contributed by atoms with Crippen molar-refractivity contribution < 1.29 is 14.3 Å². The number of aromatic nitrogens is 1. The first-order valence-electron chi connectivity index (χ1n) is 8.79. The number of esters is 1. The Hall–Kier alpha value is -3.12. The number of hydrogen-bond acceptors (Lipinski definition) is 5. The molecule has 0 aliphatic carbocycles. The van der Waals surface area contributed by atoms with Crippen LogP contribution < -0.4 is 5.32 Å². The van der Waals surface area contributed by atoms with Crippen molar-refractivity contribution in [3.63, 3.8) is 0 Å². The van der Waals surface area contributed by atoms with Gasteiger partial charge in [-0.2, -0.15) is 0 Å². The van der Waals surface area contributed by atoms with Gasteiger partial charge in [-0.25, -0.2) is 9.78 Å². The molecule has 0 spiro atoms. The van der Waals surface area contributed by atoms with E-state index in [1.807, 2.05) is 61.5 Å². The molecule has 2 aromatic carbocycles. The van der Waals surface area contributed by atoms with E-state index >= 15 is 0 Å². The third-order valence-electron chi connectivity index (χ3n) is 3.89. The van der Waals surface area contributed by atoms with Gasteiger partial charge in [0.15, 0.2) is 6.61 Å². The molecule has 0 saturated heterocycles. The van der Waals surface area contributed by atoms with E-state index in [1.165, 1.54) is 11.8 Å². The van der Waals surface area contributed by atoms with Gasteiger partial charge in [0.1, 0.15) is 5.03 Å². The summed E-state index contributed by atoms with van der Waals surface area (Å²) in [7, 11) is 0. The molecule has 1 N–H and O–H groups in total. The zero-order valence-corrected chi connectivity index (χ0v) is 16.2. The molecule has 0 saturated carbocycles. The van der Waals surface area contributed by atoms with Crippen LogP contribution in [0, 0.1) is 6.92 Å². The maximum Gasteiger partial charge on any atom is 0.341 e. The second-order valence-electron chi connectivity index (χ2n) is 6.11. The van der Waals surface area contributed by atoms with Crippen molar-refractivity contribution in [3.8, 4) is 0 Å². The summed E-state index contributed by atoms with van der Waals surface area (Å²) in [6.45, 7) is 2.06. The van der Waals surface area contributed by atoms with Crippen molar-refractivity contribution in [2.75, 3.05) is 6.61 Å². The summed E-state index contributed by atoms with van der Waals surface area (Å²) in [6.07, 6.45) is 1.62. The predicted octanol–water partition coefficient (Wildman–Crippen LogP) is 4.01. The number of benzene rings is 2. The molecule has 0 unspecified atom stereocenters. The highest BCUT2D eigenvalue weighted by Gasteiger charge is 2.16. The summed E-state index contributed by atoms with van der Waals surface area (Å²) in [6, 6.07) is 20.8. The number of ether oxygens (including phenoxy) is 1. The number of aryl methyl sites for hydroxylation is 1. The van der Waals surface area contributed by atoms with Crippen LogP contribution >= 0.6 is 11.8 Å². The standard InChI is InChI=1S/C22H20N2O3S/c1-16-9-11-18(12-10-16)28-21-19(8-5-13-23-21)22(26)27-15-20(25)24-14-17-6-3-2-4-7-17/h2-13H,14-15H2,1H3,(H,24,25). The van der Waals surface area contributed by atoms with E-state index in [1.54, 1.807) is 18.3 Å². The SMILES string of the molecule is Cc1ccc(Sc2ncccc2C(=O)OCC(=O)NCc2ccccc2)cc1. The summed E-state index contributed by atoms with van der Waals surface area (Å²) >= 11 is 1.38. The summed E-state index contributed by atoms with van der Waals surface area (Å²) < 4.78 is 5.17. The maximum atomic E-state index is 12.4. The van der Waals surface area contributed by atoms with Crippen LogP contribution in [0.1, 0.15) is 21.5 Å². The number of carbonyl (C=O) groups excluding carboxylic acids is 2. The summed E-state index contributed by atoms with van der Waals surface area (Å²) in [4.78, 5) is 29.6. The Kier molecular flexibility index (Phi) is 6.81. The third-order valence-corrected chi connectivity index (χ3v) is 4.92. The molecule has 0 atom stereocenters. The normalized spacial score (nSPS) is 10.3. The van der Waals surface area contributed by atoms with E-state index in [-0.39, 0.29) is 12.5 Å². The highest BCUT2D eigenvalue weighted by molar-refractivity contribution is 7.99. The minimum Gasteiger partial charge on any atom is -0.452 e. The van der Waals surface area contributed by atoms with E-state index in [4.69, 9.17) is 4.74 Å². The van der Waals surface area contributed by atoms with Gasteiger partial charge < -0.3 is 10.1 Å². The molecule has 3 aromatic rings. The Balaban J connectivity index is 1.56. The maximum absolute atomic E-state index is 12.4. The van der Waals surface area contributed by atoms with Crippen LogP contribution in [0.3, 0.4) is 0 Å². The lowest BCUT2D eigenvalue weighted by Crippen LogP contribution is -2.28. The lowest BCUT2D eigenvalue weighted by Gasteiger charge is -2.09. The number of hydrogen-bond donors (Lipinski definition) is 1. The summed E-state index contributed by atoms with van der Waals surface area (Å²) in [5.74, 6) is -0.925. The number of pyridine rings is 1. The van der Waals surface area contributed by atoms with Gasteiger partial charge in [0.2, 0.25) is 0 Å². The first-order chi connectivity index (χ1) is 13.6. The number of rotatable bonds is 7. The summed E-state index contributed by atoms with van der Waals surface area (Å²) in [5.41, 5.74) is 2.47. The van der Waals surface area contributed by atoms with Crippen molar-refractivity contribution >= 4 is 23.6 Å². The number of amides is 1. The highest BCUT2D eigenvalue weighted by Crippen LogP contribution is 2.29. The molecule has 0 fully saturated rings. The second-order valence-corrected chi connectivity index (χ2v) is 7.17. The molecule has 0 bridgehead atoms. The molecule has 0 aliphatic rings. The Bertz CT molecular complexity index is 944. The molecular formula is C22H20N2O3S. The first-order valence-corrected chi connectivity index (χ1v) is 9.61. The van der Waals surface area contributed by atoms with Crippen LogP contribution in [0.5, 0.6) is 0 Å². The topological polar surface area (TPSA) is 68.3 Å². The van der Waals surface area contributed by atoms with Gasteiger partial charge in [0.25, 0.3) is 5.91 Å². The molecule has 0 radical (unpaired) electrons. The molecule has 1 heterocycles. The Morgan fingerprint density at radius 3 is 2.50 bits per heavy atom. The quantitative estimate of drug-likeness (QED) is 0.615. The van der Waals surface area contributed by atoms with Gasteiger partial charge >= 0.3 is 5.97 Å². The van der Waals surface area contributed by atoms with Crippen molar-refractivity contribution in [1.82, 2.24) is 10.3 Å². The molecule has 3 rings (SSSR count). The number of carbonyl (C=O) groups is 2. The van der Waals surface area contributed by atoms with Crippen molar-refractivity contribution in [1.29, 1.82) is 0 Å². The van der Waals surface area contributed by atoms with Gasteiger partial charge in [-0.05, 0) is 36.8 Å². The smallest absolute Gasteiger partial charge is 0.341 e. The largest absolute Gasteiger partial charge is 0.452 e. The van der Waals surface area contributed by atoms with Crippen molar-refractivity contribution in [2.45, 2.75) is 23.4 Å². The van der Waals surface area contributed by atoms with Crippen LogP contribution in [-0.4, -0.2) is 23.5 Å². The average molecular weight is 392 g/mol. The summed E-state index contributed by atoms with van der Waals surface area (Å²) in [5, 5.41) is 3.27. The Morgan fingerprint density at radius 2 is 1.75 bits per heavy atom. The molecule has 0 aliphatic heterocycles. The molecule has 1 amide bonds. The average Bonchev–Trinajstić information content (AvgIpc) is 2.73. The lowest BCUT2D eigenvalue weighted by atomic mass is 10.2. The van der Waals surface area contributed by atoms with Crippen LogP contribution in [-0.2, 0) is 16.1 Å². The Labute approximate surface area is 168 Å². The molecule has 142 valence electrons. The van der Waals surface area contributed by atoms with Crippen LogP contribution in [0.4, 0.5) is 0 Å². The van der Waals surface area contributed by atoms with Crippen LogP contribution in [0.25, 0.3) is 0 Å². The third kappa shape index (κ3) is 5.69. The minimum absolute atomic E-state index is 0.337. The molecule has 1 aromatic heterocycles. The van der Waals surface area contributed by atoms with Crippen molar-refractivity contribution in [2.24, 2.45) is 0 Å².